The minimum Gasteiger partial charge on any atom is -0.372 e. The molecule has 6 nitrogen and oxygen atoms in total. The molecule has 1 amide bonds. The zero-order chi connectivity index (χ0) is 26.9. The van der Waals surface area contributed by atoms with E-state index in [-0.39, 0.29) is 0 Å². The van der Waals surface area contributed by atoms with Crippen LogP contribution in [0.4, 0.5) is 0 Å². The van der Waals surface area contributed by atoms with Crippen molar-refractivity contribution in [1.29, 1.82) is 0 Å². The Bertz CT molecular complexity index is 931. The van der Waals surface area contributed by atoms with Crippen LogP contribution in [0, 0.1) is 5.92 Å². The first-order valence-electron chi connectivity index (χ1n) is 12.6. The van der Waals surface area contributed by atoms with Crippen molar-refractivity contribution in [2.45, 2.75) is 54.4 Å². The number of carbonyl (C=O) groups is 1. The standard InChI is InChI=1S/C24H33N5OS.C5H12/c1-18(2)15-19(3)27-24(16-20(4)29-13-11-25-12-14-29)28-21(5)31-23-8-6-7-22(9-10-23)26-17-30;1-4-5(2)3/h6-7,9-10,15-17,25H,1,5,8,11-14H2,2-4H3,(H,26,30)(H,27,28);5H,4H2,1-3H3/b19-15+,20-16+;. The normalized spacial score (nSPS) is 16.9. The highest BCUT2D eigenvalue weighted by Gasteiger charge is 2.11. The molecule has 1 aliphatic heterocycles. The average Bonchev–Trinajstić information content (AvgIpc) is 3.04. The number of piperazine rings is 1. The zero-order valence-electron chi connectivity index (χ0n) is 23.0. The van der Waals surface area contributed by atoms with Crippen LogP contribution < -0.4 is 16.0 Å². The summed E-state index contributed by atoms with van der Waals surface area (Å²) in [5.74, 6) is 1.63. The van der Waals surface area contributed by atoms with Gasteiger partial charge in [-0.3, -0.25) is 4.79 Å². The Morgan fingerprint density at radius 1 is 1.19 bits per heavy atom. The molecule has 0 aromatic carbocycles. The van der Waals surface area contributed by atoms with Crippen LogP contribution in [0.15, 0.2) is 87.2 Å². The molecule has 1 heterocycles. The fourth-order valence-electron chi connectivity index (χ4n) is 3.17. The van der Waals surface area contributed by atoms with E-state index in [4.69, 9.17) is 4.99 Å². The third-order valence-electron chi connectivity index (χ3n) is 5.35. The predicted octanol–water partition coefficient (Wildman–Crippen LogP) is 5.99. The number of hydrogen-bond donors (Lipinski definition) is 3. The second-order valence-electron chi connectivity index (χ2n) is 9.24. The highest BCUT2D eigenvalue weighted by molar-refractivity contribution is 8.06. The second kappa shape index (κ2) is 17.6. The maximum Gasteiger partial charge on any atom is 0.211 e. The molecule has 0 bridgehead atoms. The smallest absolute Gasteiger partial charge is 0.211 e. The van der Waals surface area contributed by atoms with Gasteiger partial charge in [0.05, 0.1) is 5.03 Å². The van der Waals surface area contributed by atoms with Crippen molar-refractivity contribution in [2.24, 2.45) is 10.9 Å². The molecule has 36 heavy (non-hydrogen) atoms. The lowest BCUT2D eigenvalue weighted by molar-refractivity contribution is -0.108. The quantitative estimate of drug-likeness (QED) is 0.145. The van der Waals surface area contributed by atoms with Crippen LogP contribution in [0.3, 0.4) is 0 Å². The molecule has 7 heteroatoms. The number of nitrogens with one attached hydrogen (secondary N) is 3. The van der Waals surface area contributed by atoms with Crippen molar-refractivity contribution in [1.82, 2.24) is 20.9 Å². The average molecular weight is 512 g/mol. The Kier molecular flexibility index (Phi) is 15.3. The molecule has 1 aliphatic carbocycles. The summed E-state index contributed by atoms with van der Waals surface area (Å²) >= 11 is 1.52. The molecule has 2 aliphatic rings. The highest BCUT2D eigenvalue weighted by atomic mass is 32.2. The van der Waals surface area contributed by atoms with Gasteiger partial charge >= 0.3 is 0 Å². The molecule has 0 atom stereocenters. The van der Waals surface area contributed by atoms with Crippen molar-refractivity contribution in [3.8, 4) is 0 Å². The lowest BCUT2D eigenvalue weighted by Gasteiger charge is -2.30. The molecule has 1 fully saturated rings. The van der Waals surface area contributed by atoms with Crippen LogP contribution in [-0.2, 0) is 4.79 Å². The van der Waals surface area contributed by atoms with Gasteiger partial charge < -0.3 is 20.9 Å². The number of allylic oxidation sites excluding steroid dienone is 9. The zero-order valence-corrected chi connectivity index (χ0v) is 23.8. The Balaban J connectivity index is 0.00000118. The van der Waals surface area contributed by atoms with Gasteiger partial charge in [0.1, 0.15) is 5.84 Å². The summed E-state index contributed by atoms with van der Waals surface area (Å²) in [6.07, 6.45) is 14.6. The first-order chi connectivity index (χ1) is 17.1. The first kappa shape index (κ1) is 31.3. The topological polar surface area (TPSA) is 68.8 Å². The summed E-state index contributed by atoms with van der Waals surface area (Å²) in [6, 6.07) is 0. The fraction of sp³-hybridized carbons (Fsp3) is 0.448. The van der Waals surface area contributed by atoms with Crippen LogP contribution in [-0.4, -0.2) is 43.3 Å². The highest BCUT2D eigenvalue weighted by Crippen LogP contribution is 2.29. The molecule has 3 N–H and O–H groups in total. The fourth-order valence-corrected chi connectivity index (χ4v) is 3.93. The van der Waals surface area contributed by atoms with Crippen molar-refractivity contribution in [3.05, 3.63) is 82.2 Å². The van der Waals surface area contributed by atoms with E-state index in [1.165, 1.54) is 18.2 Å². The van der Waals surface area contributed by atoms with Gasteiger partial charge in [0.15, 0.2) is 0 Å². The third-order valence-corrected chi connectivity index (χ3v) is 6.24. The summed E-state index contributed by atoms with van der Waals surface area (Å²) in [5, 5.41) is 10.1. The van der Waals surface area contributed by atoms with Gasteiger partial charge in [0.2, 0.25) is 6.41 Å². The summed E-state index contributed by atoms with van der Waals surface area (Å²) in [4.78, 5) is 18.9. The van der Waals surface area contributed by atoms with Crippen LogP contribution >= 0.6 is 11.8 Å². The SMILES string of the molecule is C=C(C)/C=C(\C)NC(/C=C(\C)N1CCNCC1)=N/C(=C)SC1=CC=C(NC=O)C=CC1.CCC(C)C. The molecule has 0 unspecified atom stereocenters. The van der Waals surface area contributed by atoms with Gasteiger partial charge in [0.25, 0.3) is 0 Å². The molecule has 1 saturated heterocycles. The monoisotopic (exact) mass is 511 g/mol. The Morgan fingerprint density at radius 3 is 2.44 bits per heavy atom. The Hall–Kier alpha value is -2.77. The van der Waals surface area contributed by atoms with Crippen LogP contribution in [0.5, 0.6) is 0 Å². The van der Waals surface area contributed by atoms with Crippen molar-refractivity contribution in [3.63, 3.8) is 0 Å². The molecule has 198 valence electrons. The molecular weight excluding hydrogens is 466 g/mol. The van der Waals surface area contributed by atoms with Crippen molar-refractivity contribution in [2.75, 3.05) is 26.2 Å². The number of nitrogens with zero attached hydrogens (tertiary/aromatic N) is 2. The van der Waals surface area contributed by atoms with Gasteiger partial charge in [-0.05, 0) is 68.4 Å². The minimum absolute atomic E-state index is 0.678. The van der Waals surface area contributed by atoms with Gasteiger partial charge in [-0.1, -0.05) is 63.8 Å². The maximum absolute atomic E-state index is 10.7. The molecule has 0 aromatic heterocycles. The molecular formula is C29H45N5OS. The van der Waals surface area contributed by atoms with Gasteiger partial charge in [0, 0.05) is 43.3 Å². The lowest BCUT2D eigenvalue weighted by Crippen LogP contribution is -2.42. The first-order valence-corrected chi connectivity index (χ1v) is 13.4. The summed E-state index contributed by atoms with van der Waals surface area (Å²) < 4.78 is 0. The summed E-state index contributed by atoms with van der Waals surface area (Å²) in [5.41, 5.74) is 3.87. The number of amidine groups is 1. The Morgan fingerprint density at radius 2 is 1.86 bits per heavy atom. The van der Waals surface area contributed by atoms with Gasteiger partial charge in [-0.15, -0.1) is 0 Å². The van der Waals surface area contributed by atoms with Crippen molar-refractivity contribution < 1.29 is 4.79 Å². The van der Waals surface area contributed by atoms with Crippen LogP contribution in [0.25, 0.3) is 0 Å². The van der Waals surface area contributed by atoms with Gasteiger partial charge in [-0.2, -0.15) is 0 Å². The van der Waals surface area contributed by atoms with Crippen LogP contribution in [0.2, 0.25) is 0 Å². The molecule has 0 spiro atoms. The Labute approximate surface area is 223 Å². The summed E-state index contributed by atoms with van der Waals surface area (Å²) in [7, 11) is 0. The second-order valence-corrected chi connectivity index (χ2v) is 10.4. The van der Waals surface area contributed by atoms with E-state index in [0.29, 0.717) is 11.4 Å². The van der Waals surface area contributed by atoms with Gasteiger partial charge in [-0.25, -0.2) is 4.99 Å². The predicted molar refractivity (Wildman–Crippen MR) is 158 cm³/mol. The van der Waals surface area contributed by atoms with E-state index in [1.54, 1.807) is 0 Å². The molecule has 0 saturated carbocycles. The van der Waals surface area contributed by atoms with Crippen molar-refractivity contribution >= 4 is 24.0 Å². The van der Waals surface area contributed by atoms with E-state index < -0.39 is 0 Å². The van der Waals surface area contributed by atoms with E-state index in [9.17, 15) is 4.79 Å². The number of amides is 1. The lowest BCUT2D eigenvalue weighted by atomic mass is 10.2. The largest absolute Gasteiger partial charge is 0.372 e. The molecule has 0 aromatic rings. The number of rotatable bonds is 10. The molecule has 0 radical (unpaired) electrons. The van der Waals surface area contributed by atoms with Crippen LogP contribution in [0.1, 0.15) is 54.4 Å². The minimum atomic E-state index is 0.678. The molecule has 2 rings (SSSR count). The number of aliphatic imine (C=N–C) groups is 1. The van der Waals surface area contributed by atoms with E-state index in [0.717, 1.165) is 71.9 Å². The third kappa shape index (κ3) is 14.0. The van der Waals surface area contributed by atoms with E-state index in [1.807, 2.05) is 44.2 Å². The number of hydrogen-bond acceptors (Lipinski definition) is 5. The number of thioether (sulfide) groups is 1. The number of carbonyl (C=O) groups excluding carboxylic acids is 1. The summed E-state index contributed by atoms with van der Waals surface area (Å²) in [6.45, 7) is 24.7. The van der Waals surface area contributed by atoms with E-state index in [2.05, 4.69) is 67.8 Å². The van der Waals surface area contributed by atoms with E-state index >= 15 is 0 Å². The maximum atomic E-state index is 10.7.